The highest BCUT2D eigenvalue weighted by molar-refractivity contribution is 5.93. The number of nitrogens with zero attached hydrogens (tertiary/aromatic N) is 2. The van der Waals surface area contributed by atoms with Crippen molar-refractivity contribution in [2.75, 3.05) is 6.54 Å². The Balaban J connectivity index is 1.40. The summed E-state index contributed by atoms with van der Waals surface area (Å²) >= 11 is 0. The highest BCUT2D eigenvalue weighted by Gasteiger charge is 2.42. The molecule has 0 aromatic heterocycles. The molecule has 0 unspecified atom stereocenters. The molecule has 2 aliphatic heterocycles. The van der Waals surface area contributed by atoms with Gasteiger partial charge in [0.1, 0.15) is 11.5 Å². The van der Waals surface area contributed by atoms with Crippen LogP contribution in [0.2, 0.25) is 0 Å². The molecule has 1 fully saturated rings. The lowest BCUT2D eigenvalue weighted by molar-refractivity contribution is -0.377. The molecular weight excluding hydrogens is 371 g/mol. The van der Waals surface area contributed by atoms with Crippen LogP contribution < -0.4 is 5.73 Å². The fourth-order valence-corrected chi connectivity index (χ4v) is 3.44. The number of fused-ring (bicyclic) bond motifs is 1. The van der Waals surface area contributed by atoms with E-state index in [0.29, 0.717) is 18.3 Å². The van der Waals surface area contributed by atoms with Crippen molar-refractivity contribution in [1.82, 2.24) is 4.90 Å². The Morgan fingerprint density at radius 1 is 1.18 bits per heavy atom. The van der Waals surface area contributed by atoms with Crippen LogP contribution in [-0.2, 0) is 16.0 Å². The topological polar surface area (TPSA) is 66.4 Å². The molecule has 1 aliphatic carbocycles. The van der Waals surface area contributed by atoms with Crippen LogP contribution in [-0.4, -0.2) is 40.1 Å². The number of halogens is 3. The van der Waals surface area contributed by atoms with Gasteiger partial charge in [-0.3, -0.25) is 4.79 Å². The fourth-order valence-electron chi connectivity index (χ4n) is 3.44. The van der Waals surface area contributed by atoms with E-state index in [0.717, 1.165) is 24.5 Å². The summed E-state index contributed by atoms with van der Waals surface area (Å²) in [6.45, 7) is 0.369. The Kier molecular flexibility index (Phi) is 4.66. The predicted octanol–water partition coefficient (Wildman–Crippen LogP) is 2.01. The second-order valence-corrected chi connectivity index (χ2v) is 7.35. The van der Waals surface area contributed by atoms with E-state index >= 15 is 0 Å². The van der Waals surface area contributed by atoms with Gasteiger partial charge in [-0.2, -0.15) is 0 Å². The first kappa shape index (κ1) is 18.6. The Labute approximate surface area is 159 Å². The average Bonchev–Trinajstić information content (AvgIpc) is 3.27. The number of hydrogen-bond donors (Lipinski definition) is 1. The number of rotatable bonds is 5. The first-order valence-electron chi connectivity index (χ1n) is 9.12. The molecule has 1 aromatic carbocycles. The molecule has 0 saturated heterocycles. The number of nitrogens with two attached hydrogens (primary N) is 1. The molecule has 1 aromatic rings. The highest BCUT2D eigenvalue weighted by Crippen LogP contribution is 2.33. The SMILES string of the molecule is N[C@@H](CC(=O)N1CC=C2C=[N+](C(=O)C3CC3)C=C21)Cc1cc(F)c(F)cc1F. The minimum atomic E-state index is -1.27. The van der Waals surface area contributed by atoms with E-state index in [1.54, 1.807) is 12.4 Å². The molecular formula is C20H19F3N3O2+. The first-order chi connectivity index (χ1) is 13.3. The van der Waals surface area contributed by atoms with Gasteiger partial charge in [-0.1, -0.05) is 0 Å². The summed E-state index contributed by atoms with van der Waals surface area (Å²) in [4.78, 5) is 26.4. The van der Waals surface area contributed by atoms with E-state index < -0.39 is 23.5 Å². The third-order valence-corrected chi connectivity index (χ3v) is 5.11. The summed E-state index contributed by atoms with van der Waals surface area (Å²) < 4.78 is 41.6. The molecule has 0 bridgehead atoms. The van der Waals surface area contributed by atoms with Gasteiger partial charge in [-0.25, -0.2) is 18.0 Å². The lowest BCUT2D eigenvalue weighted by Crippen LogP contribution is -2.35. The van der Waals surface area contributed by atoms with E-state index in [2.05, 4.69) is 0 Å². The molecule has 4 rings (SSSR count). The van der Waals surface area contributed by atoms with Gasteiger partial charge in [-0.15, -0.1) is 4.58 Å². The molecule has 2 amide bonds. The number of hydrogen-bond acceptors (Lipinski definition) is 3. The average molecular weight is 390 g/mol. The van der Waals surface area contributed by atoms with Crippen molar-refractivity contribution in [3.63, 3.8) is 0 Å². The third-order valence-electron chi connectivity index (χ3n) is 5.11. The fraction of sp³-hybridized carbons (Fsp3) is 0.350. The van der Waals surface area contributed by atoms with Crippen molar-refractivity contribution < 1.29 is 27.3 Å². The van der Waals surface area contributed by atoms with Gasteiger partial charge < -0.3 is 10.6 Å². The molecule has 2 N–H and O–H groups in total. The third kappa shape index (κ3) is 3.52. The van der Waals surface area contributed by atoms with Crippen molar-refractivity contribution in [2.24, 2.45) is 11.7 Å². The molecule has 0 spiro atoms. The van der Waals surface area contributed by atoms with Crippen molar-refractivity contribution in [3.05, 3.63) is 58.7 Å². The predicted molar refractivity (Wildman–Crippen MR) is 94.5 cm³/mol. The minimum absolute atomic E-state index is 0.0284. The maximum absolute atomic E-state index is 13.8. The maximum Gasteiger partial charge on any atom is 0.395 e. The summed E-state index contributed by atoms with van der Waals surface area (Å²) in [6.07, 6.45) is 6.82. The second-order valence-electron chi connectivity index (χ2n) is 7.35. The molecule has 0 radical (unpaired) electrons. The zero-order valence-corrected chi connectivity index (χ0v) is 15.0. The zero-order chi connectivity index (χ0) is 20.0. The molecule has 8 heteroatoms. The van der Waals surface area contributed by atoms with E-state index in [9.17, 15) is 22.8 Å². The summed E-state index contributed by atoms with van der Waals surface area (Å²) in [5.41, 5.74) is 7.33. The molecule has 5 nitrogen and oxygen atoms in total. The molecule has 1 atom stereocenters. The van der Waals surface area contributed by atoms with Crippen LogP contribution in [0.3, 0.4) is 0 Å². The second kappa shape index (κ2) is 7.01. The summed E-state index contributed by atoms with van der Waals surface area (Å²) in [5.74, 6) is -3.50. The van der Waals surface area contributed by atoms with Crippen molar-refractivity contribution in [1.29, 1.82) is 0 Å². The van der Waals surface area contributed by atoms with Gasteiger partial charge in [0.25, 0.3) is 0 Å². The van der Waals surface area contributed by atoms with Crippen LogP contribution in [0.25, 0.3) is 0 Å². The van der Waals surface area contributed by atoms with Crippen LogP contribution in [0.1, 0.15) is 24.8 Å². The Bertz CT molecular complexity index is 964. The quantitative estimate of drug-likeness (QED) is 0.618. The van der Waals surface area contributed by atoms with Gasteiger partial charge in [-0.05, 0) is 37.0 Å². The summed E-state index contributed by atoms with van der Waals surface area (Å²) in [6, 6.07) is 0.479. The number of carbonyl (C=O) groups excluding carboxylic acids is 2. The molecule has 28 heavy (non-hydrogen) atoms. The summed E-state index contributed by atoms with van der Waals surface area (Å²) in [7, 11) is 0. The van der Waals surface area contributed by atoms with Crippen molar-refractivity contribution in [2.45, 2.75) is 31.7 Å². The molecule has 2 heterocycles. The normalized spacial score (nSPS) is 19.1. The maximum atomic E-state index is 13.8. The number of benzene rings is 1. The van der Waals surface area contributed by atoms with Gasteiger partial charge in [0.15, 0.2) is 17.8 Å². The van der Waals surface area contributed by atoms with Crippen LogP contribution in [0.5, 0.6) is 0 Å². The number of allylic oxidation sites excluding steroid dienone is 1. The standard InChI is InChI=1S/C20H19F3N3O2/c21-15-8-17(23)16(22)6-13(15)5-14(24)7-19(27)26-4-3-12-9-25(10-18(12)26)20(28)11-1-2-11/h3,6,8-11,14H,1-2,4-5,7,24H2/q+1/t14-/m1/s1. The Hall–Kier alpha value is -2.74. The summed E-state index contributed by atoms with van der Waals surface area (Å²) in [5, 5.41) is 0. The monoisotopic (exact) mass is 390 g/mol. The number of carbonyl (C=O) groups is 2. The molecule has 3 aliphatic rings. The lowest BCUT2D eigenvalue weighted by atomic mass is 10.0. The smallest absolute Gasteiger partial charge is 0.327 e. The minimum Gasteiger partial charge on any atom is -0.327 e. The van der Waals surface area contributed by atoms with E-state index in [1.807, 2.05) is 6.08 Å². The highest BCUT2D eigenvalue weighted by atomic mass is 19.2. The van der Waals surface area contributed by atoms with E-state index in [-0.39, 0.29) is 36.1 Å². The van der Waals surface area contributed by atoms with Crippen LogP contribution in [0.15, 0.2) is 35.7 Å². The van der Waals surface area contributed by atoms with Gasteiger partial charge in [0, 0.05) is 25.1 Å². The Morgan fingerprint density at radius 3 is 2.61 bits per heavy atom. The van der Waals surface area contributed by atoms with Gasteiger partial charge >= 0.3 is 5.91 Å². The number of amides is 2. The van der Waals surface area contributed by atoms with Crippen LogP contribution >= 0.6 is 0 Å². The van der Waals surface area contributed by atoms with Crippen LogP contribution in [0, 0.1) is 23.4 Å². The largest absolute Gasteiger partial charge is 0.395 e. The molecule has 1 saturated carbocycles. The van der Waals surface area contributed by atoms with E-state index in [4.69, 9.17) is 5.73 Å². The zero-order valence-electron chi connectivity index (χ0n) is 15.0. The Morgan fingerprint density at radius 2 is 1.89 bits per heavy atom. The first-order valence-corrected chi connectivity index (χ1v) is 9.12. The van der Waals surface area contributed by atoms with Crippen LogP contribution in [0.4, 0.5) is 13.2 Å². The van der Waals surface area contributed by atoms with Gasteiger partial charge in [0.05, 0.1) is 11.5 Å². The lowest BCUT2D eigenvalue weighted by Gasteiger charge is -2.19. The van der Waals surface area contributed by atoms with Crippen molar-refractivity contribution >= 4 is 18.0 Å². The van der Waals surface area contributed by atoms with E-state index in [1.165, 1.54) is 9.48 Å². The van der Waals surface area contributed by atoms with Crippen molar-refractivity contribution in [3.8, 4) is 0 Å². The van der Waals surface area contributed by atoms with Gasteiger partial charge in [0.2, 0.25) is 12.1 Å². The molecule has 146 valence electrons.